The van der Waals surface area contributed by atoms with E-state index in [0.717, 1.165) is 18.7 Å². The van der Waals surface area contributed by atoms with Crippen LogP contribution in [0.1, 0.15) is 29.6 Å². The first-order valence-corrected chi connectivity index (χ1v) is 7.21. The van der Waals surface area contributed by atoms with Gasteiger partial charge in [-0.1, -0.05) is 6.58 Å². The van der Waals surface area contributed by atoms with Gasteiger partial charge in [-0.15, -0.1) is 0 Å². The molecular formula is C16H18N2O3. The summed E-state index contributed by atoms with van der Waals surface area (Å²) in [5.74, 6) is 0.321. The van der Waals surface area contributed by atoms with Crippen LogP contribution in [-0.2, 0) is 0 Å². The van der Waals surface area contributed by atoms with Gasteiger partial charge < -0.3 is 20.1 Å². The quantitative estimate of drug-likeness (QED) is 0.832. The number of amides is 1. The largest absolute Gasteiger partial charge is 0.504 e. The molecule has 1 saturated carbocycles. The van der Waals surface area contributed by atoms with E-state index >= 15 is 0 Å². The molecular weight excluding hydrogens is 268 g/mol. The third-order valence-electron chi connectivity index (χ3n) is 4.97. The van der Waals surface area contributed by atoms with Crippen LogP contribution < -0.4 is 10.1 Å². The molecule has 21 heavy (non-hydrogen) atoms. The lowest BCUT2D eigenvalue weighted by atomic mass is 10.0. The molecule has 2 fully saturated rings. The van der Waals surface area contributed by atoms with E-state index in [0.29, 0.717) is 22.4 Å². The molecule has 0 radical (unpaired) electrons. The first-order valence-electron chi connectivity index (χ1n) is 7.21. The average Bonchev–Trinajstić information content (AvgIpc) is 3.10. The third-order valence-corrected chi connectivity index (χ3v) is 4.97. The Morgan fingerprint density at radius 2 is 2.24 bits per heavy atom. The molecule has 1 atom stereocenters. The molecule has 5 nitrogen and oxygen atoms in total. The van der Waals surface area contributed by atoms with E-state index in [2.05, 4.69) is 11.9 Å². The fourth-order valence-electron chi connectivity index (χ4n) is 3.54. The molecule has 1 aromatic carbocycles. The van der Waals surface area contributed by atoms with E-state index in [1.54, 1.807) is 6.07 Å². The minimum Gasteiger partial charge on any atom is -0.504 e. The van der Waals surface area contributed by atoms with Crippen molar-refractivity contribution in [2.24, 2.45) is 5.41 Å². The number of hydrogen-bond acceptors (Lipinski definition) is 4. The molecule has 1 unspecified atom stereocenters. The summed E-state index contributed by atoms with van der Waals surface area (Å²) in [5.41, 5.74) is 2.28. The second kappa shape index (κ2) is 3.93. The first-order chi connectivity index (χ1) is 10.0. The molecule has 4 rings (SSSR count). The maximum Gasteiger partial charge on any atom is 0.256 e. The van der Waals surface area contributed by atoms with Gasteiger partial charge in [0, 0.05) is 18.3 Å². The highest BCUT2D eigenvalue weighted by molar-refractivity contribution is 6.02. The van der Waals surface area contributed by atoms with Gasteiger partial charge in [0.05, 0.1) is 24.4 Å². The Balaban J connectivity index is 1.80. The van der Waals surface area contributed by atoms with Crippen LogP contribution in [0.5, 0.6) is 11.5 Å². The van der Waals surface area contributed by atoms with Crippen molar-refractivity contribution >= 4 is 11.6 Å². The van der Waals surface area contributed by atoms with Crippen molar-refractivity contribution in [3.8, 4) is 11.5 Å². The maximum absolute atomic E-state index is 12.9. The molecule has 1 aliphatic carbocycles. The summed E-state index contributed by atoms with van der Waals surface area (Å²) in [6.45, 7) is 4.90. The van der Waals surface area contributed by atoms with Crippen molar-refractivity contribution in [1.29, 1.82) is 0 Å². The molecule has 1 aromatic rings. The minimum atomic E-state index is -0.0109. The van der Waals surface area contributed by atoms with Gasteiger partial charge in [0.15, 0.2) is 11.5 Å². The van der Waals surface area contributed by atoms with Gasteiger partial charge in [-0.05, 0) is 30.7 Å². The Kier molecular flexibility index (Phi) is 2.35. The van der Waals surface area contributed by atoms with E-state index in [-0.39, 0.29) is 17.7 Å². The predicted octanol–water partition coefficient (Wildman–Crippen LogP) is 2.33. The molecule has 1 spiro atoms. The predicted molar refractivity (Wildman–Crippen MR) is 78.5 cm³/mol. The third kappa shape index (κ3) is 1.73. The SMILES string of the molecule is C=C1Nc2cc(O)c(OC)cc2C(=O)N2CC3(CC3)CC12. The summed E-state index contributed by atoms with van der Waals surface area (Å²) in [7, 11) is 1.48. The topological polar surface area (TPSA) is 61.8 Å². The van der Waals surface area contributed by atoms with Crippen LogP contribution in [0.15, 0.2) is 24.4 Å². The highest BCUT2D eigenvalue weighted by Crippen LogP contribution is 2.56. The Bertz CT molecular complexity index is 664. The highest BCUT2D eigenvalue weighted by atomic mass is 16.5. The molecule has 3 aliphatic rings. The highest BCUT2D eigenvalue weighted by Gasteiger charge is 2.54. The van der Waals surface area contributed by atoms with Crippen molar-refractivity contribution < 1.29 is 14.6 Å². The van der Waals surface area contributed by atoms with Crippen LogP contribution in [0, 0.1) is 5.41 Å². The average molecular weight is 286 g/mol. The number of benzene rings is 1. The molecule has 1 saturated heterocycles. The number of phenolic OH excluding ortho intramolecular Hbond substituents is 1. The van der Waals surface area contributed by atoms with Gasteiger partial charge in [-0.3, -0.25) is 4.79 Å². The normalized spacial score (nSPS) is 25.2. The zero-order chi connectivity index (χ0) is 14.8. The summed E-state index contributed by atoms with van der Waals surface area (Å²) in [4.78, 5) is 14.8. The molecule has 1 amide bonds. The van der Waals surface area contributed by atoms with E-state index in [1.807, 2.05) is 4.90 Å². The fourth-order valence-corrected chi connectivity index (χ4v) is 3.54. The van der Waals surface area contributed by atoms with Gasteiger partial charge in [0.25, 0.3) is 5.91 Å². The Labute approximate surface area is 123 Å². The minimum absolute atomic E-state index is 0.0109. The van der Waals surface area contributed by atoms with Crippen LogP contribution >= 0.6 is 0 Å². The van der Waals surface area contributed by atoms with Crippen molar-refractivity contribution in [1.82, 2.24) is 4.90 Å². The van der Waals surface area contributed by atoms with Crippen molar-refractivity contribution in [3.05, 3.63) is 30.0 Å². The number of methoxy groups -OCH3 is 1. The fraction of sp³-hybridized carbons (Fsp3) is 0.438. The maximum atomic E-state index is 12.9. The number of hydrogen-bond donors (Lipinski definition) is 2. The molecule has 2 aliphatic heterocycles. The van der Waals surface area contributed by atoms with Gasteiger partial charge in [-0.25, -0.2) is 0 Å². The Hall–Kier alpha value is -2.17. The summed E-state index contributed by atoms with van der Waals surface area (Å²) in [6.07, 6.45) is 3.39. The van der Waals surface area contributed by atoms with E-state index in [4.69, 9.17) is 4.74 Å². The smallest absolute Gasteiger partial charge is 0.256 e. The lowest BCUT2D eigenvalue weighted by Crippen LogP contribution is -2.35. The number of rotatable bonds is 1. The number of aromatic hydroxyl groups is 1. The van der Waals surface area contributed by atoms with E-state index in [1.165, 1.54) is 26.0 Å². The lowest BCUT2D eigenvalue weighted by Gasteiger charge is -2.22. The second-order valence-corrected chi connectivity index (χ2v) is 6.37. The summed E-state index contributed by atoms with van der Waals surface area (Å²) in [6, 6.07) is 3.18. The van der Waals surface area contributed by atoms with Crippen molar-refractivity contribution in [2.45, 2.75) is 25.3 Å². The van der Waals surface area contributed by atoms with Crippen LogP contribution in [0.4, 0.5) is 5.69 Å². The Morgan fingerprint density at radius 1 is 1.48 bits per heavy atom. The summed E-state index contributed by atoms with van der Waals surface area (Å²) < 4.78 is 5.12. The van der Waals surface area contributed by atoms with Crippen LogP contribution in [0.2, 0.25) is 0 Å². The summed E-state index contributed by atoms with van der Waals surface area (Å²) >= 11 is 0. The number of nitrogens with one attached hydrogen (secondary N) is 1. The van der Waals surface area contributed by atoms with E-state index < -0.39 is 0 Å². The number of carbonyl (C=O) groups is 1. The zero-order valence-corrected chi connectivity index (χ0v) is 12.0. The monoisotopic (exact) mass is 286 g/mol. The number of phenols is 1. The van der Waals surface area contributed by atoms with Gasteiger partial charge in [0.2, 0.25) is 0 Å². The first kappa shape index (κ1) is 12.6. The van der Waals surface area contributed by atoms with Crippen molar-refractivity contribution in [2.75, 3.05) is 19.0 Å². The molecule has 2 heterocycles. The number of fused-ring (bicyclic) bond motifs is 2. The van der Waals surface area contributed by atoms with Gasteiger partial charge in [0.1, 0.15) is 0 Å². The summed E-state index contributed by atoms with van der Waals surface area (Å²) in [5, 5.41) is 13.1. The van der Waals surface area contributed by atoms with Crippen LogP contribution in [0.3, 0.4) is 0 Å². The standard InChI is InChI=1S/C16H18N2O3/c1-9-12-7-16(3-4-16)8-18(12)15(20)10-5-14(21-2)13(19)6-11(10)17-9/h5-6,12,17,19H,1,3-4,7-8H2,2H3. The second-order valence-electron chi connectivity index (χ2n) is 6.37. The van der Waals surface area contributed by atoms with Crippen LogP contribution in [0.25, 0.3) is 0 Å². The van der Waals surface area contributed by atoms with E-state index in [9.17, 15) is 9.90 Å². The number of nitrogens with zero attached hydrogens (tertiary/aromatic N) is 1. The van der Waals surface area contributed by atoms with Gasteiger partial charge >= 0.3 is 0 Å². The molecule has 0 aromatic heterocycles. The number of carbonyl (C=O) groups excluding carboxylic acids is 1. The lowest BCUT2D eigenvalue weighted by molar-refractivity contribution is 0.0755. The molecule has 5 heteroatoms. The van der Waals surface area contributed by atoms with Crippen molar-refractivity contribution in [3.63, 3.8) is 0 Å². The number of ether oxygens (including phenoxy) is 1. The Morgan fingerprint density at radius 3 is 2.90 bits per heavy atom. The molecule has 110 valence electrons. The number of anilines is 1. The van der Waals surface area contributed by atoms with Crippen LogP contribution in [-0.4, -0.2) is 35.6 Å². The zero-order valence-electron chi connectivity index (χ0n) is 12.0. The molecule has 2 N–H and O–H groups in total. The van der Waals surface area contributed by atoms with Gasteiger partial charge in [-0.2, -0.15) is 0 Å². The molecule has 0 bridgehead atoms.